The smallest absolute Gasteiger partial charge is 0.307 e. The van der Waals surface area contributed by atoms with Crippen LogP contribution in [-0.4, -0.2) is 76.8 Å². The molecule has 2 fully saturated rings. The minimum Gasteiger partial charge on any atom is -0.481 e. The number of hydrogen-bond donors (Lipinski definition) is 1. The van der Waals surface area contributed by atoms with Crippen molar-refractivity contribution >= 4 is 17.7 Å². The van der Waals surface area contributed by atoms with E-state index < -0.39 is 23.2 Å². The van der Waals surface area contributed by atoms with Gasteiger partial charge in [0, 0.05) is 45.7 Å². The number of rotatable bonds is 3. The van der Waals surface area contributed by atoms with Gasteiger partial charge in [-0.25, -0.2) is 0 Å². The Morgan fingerprint density at radius 2 is 1.81 bits per heavy atom. The highest BCUT2D eigenvalue weighted by molar-refractivity contribution is 5.91. The molecule has 27 heavy (non-hydrogen) atoms. The predicted octanol–water partition coefficient (Wildman–Crippen LogP) is 0.470. The van der Waals surface area contributed by atoms with Gasteiger partial charge in [-0.05, 0) is 24.1 Å². The molecule has 0 spiro atoms. The van der Waals surface area contributed by atoms with Gasteiger partial charge in [-0.1, -0.05) is 13.8 Å². The first-order valence-electron chi connectivity index (χ1n) is 9.59. The molecule has 1 aromatic heterocycles. The highest BCUT2D eigenvalue weighted by Gasteiger charge is 2.66. The molecule has 2 aliphatic heterocycles. The summed E-state index contributed by atoms with van der Waals surface area (Å²) in [5.41, 5.74) is 1.51. The van der Waals surface area contributed by atoms with E-state index in [1.54, 1.807) is 4.90 Å². The molecular weight excluding hydrogens is 346 g/mol. The SMILES string of the molecule is CN1CCN(c2cc3c(nn2)CCN(C(=O)[C@@H]2[C@H](C(=O)O)C2(C)C)C3)CC1. The third-order valence-electron chi connectivity index (χ3n) is 6.43. The molecule has 1 aliphatic carbocycles. The monoisotopic (exact) mass is 373 g/mol. The second-order valence-electron chi connectivity index (χ2n) is 8.59. The van der Waals surface area contributed by atoms with Crippen molar-refractivity contribution < 1.29 is 14.7 Å². The second-order valence-corrected chi connectivity index (χ2v) is 8.59. The van der Waals surface area contributed by atoms with Crippen molar-refractivity contribution in [1.82, 2.24) is 20.0 Å². The summed E-state index contributed by atoms with van der Waals surface area (Å²) in [6.45, 7) is 8.63. The molecule has 3 aliphatic rings. The van der Waals surface area contributed by atoms with E-state index in [1.807, 2.05) is 13.8 Å². The number of carboxylic acids is 1. The third-order valence-corrected chi connectivity index (χ3v) is 6.43. The highest BCUT2D eigenvalue weighted by Crippen LogP contribution is 2.59. The van der Waals surface area contributed by atoms with Gasteiger partial charge in [-0.15, -0.1) is 5.10 Å². The molecule has 1 amide bonds. The van der Waals surface area contributed by atoms with Crippen LogP contribution in [0.25, 0.3) is 0 Å². The van der Waals surface area contributed by atoms with Crippen LogP contribution in [-0.2, 0) is 22.6 Å². The third kappa shape index (κ3) is 3.16. The minimum absolute atomic E-state index is 0.0454. The van der Waals surface area contributed by atoms with Gasteiger partial charge < -0.3 is 19.8 Å². The number of amides is 1. The number of carboxylic acid groups (broad SMARTS) is 1. The zero-order valence-electron chi connectivity index (χ0n) is 16.2. The molecule has 0 aromatic carbocycles. The van der Waals surface area contributed by atoms with Gasteiger partial charge in [-0.3, -0.25) is 9.59 Å². The van der Waals surface area contributed by atoms with Gasteiger partial charge in [0.2, 0.25) is 5.91 Å². The van der Waals surface area contributed by atoms with Gasteiger partial charge >= 0.3 is 5.97 Å². The normalized spacial score (nSPS) is 27.2. The van der Waals surface area contributed by atoms with Crippen LogP contribution < -0.4 is 4.90 Å². The number of aromatic nitrogens is 2. The van der Waals surface area contributed by atoms with E-state index in [2.05, 4.69) is 33.1 Å². The first kappa shape index (κ1) is 18.2. The van der Waals surface area contributed by atoms with E-state index in [9.17, 15) is 14.7 Å². The summed E-state index contributed by atoms with van der Waals surface area (Å²) in [5, 5.41) is 18.2. The van der Waals surface area contributed by atoms with Crippen LogP contribution in [0, 0.1) is 17.3 Å². The van der Waals surface area contributed by atoms with Crippen LogP contribution in [0.2, 0.25) is 0 Å². The summed E-state index contributed by atoms with van der Waals surface area (Å²) in [6.07, 6.45) is 0.669. The number of fused-ring (bicyclic) bond motifs is 1. The molecule has 3 heterocycles. The van der Waals surface area contributed by atoms with Crippen molar-refractivity contribution in [1.29, 1.82) is 0 Å². The van der Waals surface area contributed by atoms with Crippen molar-refractivity contribution in [2.75, 3.05) is 44.7 Å². The Morgan fingerprint density at radius 1 is 1.11 bits per heavy atom. The van der Waals surface area contributed by atoms with E-state index in [1.165, 1.54) is 0 Å². The molecule has 1 saturated carbocycles. The fourth-order valence-electron chi connectivity index (χ4n) is 4.45. The lowest BCUT2D eigenvalue weighted by atomic mass is 10.0. The van der Waals surface area contributed by atoms with Gasteiger partial charge in [0.1, 0.15) is 0 Å². The molecular formula is C19H27N5O3. The number of likely N-dealkylation sites (N-methyl/N-ethyl adjacent to an activating group) is 1. The van der Waals surface area contributed by atoms with Crippen molar-refractivity contribution in [2.45, 2.75) is 26.8 Å². The van der Waals surface area contributed by atoms with Crippen molar-refractivity contribution in [3.05, 3.63) is 17.3 Å². The van der Waals surface area contributed by atoms with E-state index in [-0.39, 0.29) is 5.91 Å². The molecule has 4 rings (SSSR count). The van der Waals surface area contributed by atoms with Crippen LogP contribution in [0.4, 0.5) is 5.82 Å². The maximum Gasteiger partial charge on any atom is 0.307 e. The molecule has 0 radical (unpaired) electrons. The number of carbonyl (C=O) groups excluding carboxylic acids is 1. The molecule has 1 aromatic rings. The Kier molecular flexibility index (Phi) is 4.33. The fraction of sp³-hybridized carbons (Fsp3) is 0.684. The number of carbonyl (C=O) groups is 2. The lowest BCUT2D eigenvalue weighted by molar-refractivity contribution is -0.142. The molecule has 2 atom stereocenters. The quantitative estimate of drug-likeness (QED) is 0.824. The van der Waals surface area contributed by atoms with E-state index >= 15 is 0 Å². The van der Waals surface area contributed by atoms with Crippen molar-refractivity contribution in [3.63, 3.8) is 0 Å². The fourth-order valence-corrected chi connectivity index (χ4v) is 4.45. The number of nitrogens with zero attached hydrogens (tertiary/aromatic N) is 5. The molecule has 0 unspecified atom stereocenters. The summed E-state index contributed by atoms with van der Waals surface area (Å²) in [7, 11) is 2.11. The lowest BCUT2D eigenvalue weighted by Gasteiger charge is -2.34. The number of anilines is 1. The maximum absolute atomic E-state index is 12.9. The second kappa shape index (κ2) is 6.44. The number of aliphatic carboxylic acids is 1. The lowest BCUT2D eigenvalue weighted by Crippen LogP contribution is -2.45. The summed E-state index contributed by atoms with van der Waals surface area (Å²) >= 11 is 0. The molecule has 8 heteroatoms. The Bertz CT molecular complexity index is 773. The minimum atomic E-state index is -0.876. The Hall–Kier alpha value is -2.22. The molecule has 0 bridgehead atoms. The van der Waals surface area contributed by atoms with Crippen molar-refractivity contribution in [3.8, 4) is 0 Å². The zero-order valence-corrected chi connectivity index (χ0v) is 16.2. The number of piperazine rings is 1. The topological polar surface area (TPSA) is 89.9 Å². The van der Waals surface area contributed by atoms with Crippen LogP contribution >= 0.6 is 0 Å². The first-order valence-corrected chi connectivity index (χ1v) is 9.59. The van der Waals surface area contributed by atoms with Gasteiger partial charge in [0.15, 0.2) is 5.82 Å². The molecule has 1 saturated heterocycles. The number of hydrogen-bond acceptors (Lipinski definition) is 6. The Labute approximate surface area is 159 Å². The summed E-state index contributed by atoms with van der Waals surface area (Å²) in [6, 6.07) is 2.06. The maximum atomic E-state index is 12.9. The van der Waals surface area contributed by atoms with E-state index in [4.69, 9.17) is 0 Å². The summed E-state index contributed by atoms with van der Waals surface area (Å²) < 4.78 is 0. The van der Waals surface area contributed by atoms with E-state index in [0.717, 1.165) is 43.3 Å². The van der Waals surface area contributed by atoms with Gasteiger partial charge in [-0.2, -0.15) is 5.10 Å². The zero-order chi connectivity index (χ0) is 19.3. The molecule has 146 valence electrons. The summed E-state index contributed by atoms with van der Waals surface area (Å²) in [4.78, 5) is 30.7. The highest BCUT2D eigenvalue weighted by atomic mass is 16.4. The largest absolute Gasteiger partial charge is 0.481 e. The van der Waals surface area contributed by atoms with Crippen molar-refractivity contribution in [2.24, 2.45) is 17.3 Å². The van der Waals surface area contributed by atoms with Gasteiger partial charge in [0.25, 0.3) is 0 Å². The first-order chi connectivity index (χ1) is 12.8. The average molecular weight is 373 g/mol. The van der Waals surface area contributed by atoms with Crippen LogP contribution in [0.1, 0.15) is 25.1 Å². The van der Waals surface area contributed by atoms with E-state index in [0.29, 0.717) is 19.5 Å². The summed E-state index contributed by atoms with van der Waals surface area (Å²) in [5.74, 6) is -1.06. The van der Waals surface area contributed by atoms with Crippen LogP contribution in [0.15, 0.2) is 6.07 Å². The standard InChI is InChI=1S/C19H27N5O3/c1-19(2)15(16(19)18(26)27)17(25)24-5-4-13-12(11-24)10-14(21-20-13)23-8-6-22(3)7-9-23/h10,15-16H,4-9,11H2,1-3H3,(H,26,27)/t15-,16+/m0/s1. The predicted molar refractivity (Wildman–Crippen MR) is 99.3 cm³/mol. The molecule has 1 N–H and O–H groups in total. The Morgan fingerprint density at radius 3 is 2.44 bits per heavy atom. The Balaban J connectivity index is 1.48. The van der Waals surface area contributed by atoms with Crippen LogP contribution in [0.5, 0.6) is 0 Å². The van der Waals surface area contributed by atoms with Gasteiger partial charge in [0.05, 0.1) is 17.5 Å². The van der Waals surface area contributed by atoms with Crippen LogP contribution in [0.3, 0.4) is 0 Å². The molecule has 8 nitrogen and oxygen atoms in total. The average Bonchev–Trinajstić information content (AvgIpc) is 3.23.